The average Bonchev–Trinajstić information content (AvgIpc) is 3.55. The van der Waals surface area contributed by atoms with Crippen LogP contribution in [0, 0.1) is 0 Å². The minimum Gasteiger partial charge on any atom is -0.309 e. The number of pyridine rings is 2. The van der Waals surface area contributed by atoms with Crippen molar-refractivity contribution in [3.8, 4) is 28.1 Å². The molecule has 0 spiro atoms. The molecule has 0 radical (unpaired) electrons. The predicted octanol–water partition coefficient (Wildman–Crippen LogP) is 12.7. The zero-order valence-electron chi connectivity index (χ0n) is 27.6. The molecule has 0 atom stereocenters. The first-order valence-electron chi connectivity index (χ1n) is 17.4. The third-order valence-electron chi connectivity index (χ3n) is 10.6. The molecule has 0 amide bonds. The standard InChI is InChI=1S/C48H29N3/c1-2-13-38-36(11-1)37-12-3-4-14-39(37)43-29-32(21-23-40(38)43)33-26-34(44-24-22-31-20-19-30-10-9-25-49-47(30)48(31)50-44)28-35(27-33)51-45-17-7-5-15-41(45)42-16-6-8-18-46(42)51/h1-29H. The fourth-order valence-electron chi connectivity index (χ4n) is 8.23. The summed E-state index contributed by atoms with van der Waals surface area (Å²) in [6.07, 6.45) is 1.85. The van der Waals surface area contributed by atoms with E-state index in [4.69, 9.17) is 9.97 Å². The summed E-state index contributed by atoms with van der Waals surface area (Å²) < 4.78 is 2.40. The Morgan fingerprint density at radius 2 is 0.902 bits per heavy atom. The van der Waals surface area contributed by atoms with Gasteiger partial charge >= 0.3 is 0 Å². The Morgan fingerprint density at radius 1 is 0.353 bits per heavy atom. The van der Waals surface area contributed by atoms with Gasteiger partial charge < -0.3 is 4.57 Å². The summed E-state index contributed by atoms with van der Waals surface area (Å²) in [5.74, 6) is 0. The van der Waals surface area contributed by atoms with Crippen LogP contribution in [0.4, 0.5) is 0 Å². The fourth-order valence-corrected chi connectivity index (χ4v) is 8.23. The van der Waals surface area contributed by atoms with Gasteiger partial charge in [-0.1, -0.05) is 121 Å². The molecule has 51 heavy (non-hydrogen) atoms. The fraction of sp³-hybridized carbons (Fsp3) is 0. The van der Waals surface area contributed by atoms with Crippen LogP contribution in [0.25, 0.3) is 104 Å². The van der Waals surface area contributed by atoms with Gasteiger partial charge in [-0.25, -0.2) is 4.98 Å². The number of para-hydroxylation sites is 2. The smallest absolute Gasteiger partial charge is 0.0972 e. The molecule has 11 rings (SSSR count). The van der Waals surface area contributed by atoms with Gasteiger partial charge in [-0.3, -0.25) is 4.98 Å². The lowest BCUT2D eigenvalue weighted by molar-refractivity contribution is 1.18. The summed E-state index contributed by atoms with van der Waals surface area (Å²) in [5, 5.41) is 12.3. The van der Waals surface area contributed by atoms with E-state index in [0.29, 0.717) is 0 Å². The van der Waals surface area contributed by atoms with Crippen molar-refractivity contribution >= 4 is 75.9 Å². The van der Waals surface area contributed by atoms with Gasteiger partial charge in [0, 0.05) is 39.0 Å². The largest absolute Gasteiger partial charge is 0.309 e. The van der Waals surface area contributed by atoms with Crippen molar-refractivity contribution in [2.45, 2.75) is 0 Å². The minimum atomic E-state index is 0.915. The molecule has 0 unspecified atom stereocenters. The van der Waals surface area contributed by atoms with Crippen LogP contribution in [0.3, 0.4) is 0 Å². The summed E-state index contributed by atoms with van der Waals surface area (Å²) in [6.45, 7) is 0. The zero-order valence-corrected chi connectivity index (χ0v) is 27.6. The number of fused-ring (bicyclic) bond motifs is 12. The molecule has 0 fully saturated rings. The lowest BCUT2D eigenvalue weighted by atomic mass is 9.91. The predicted molar refractivity (Wildman–Crippen MR) is 215 cm³/mol. The molecule has 0 bridgehead atoms. The highest BCUT2D eigenvalue weighted by molar-refractivity contribution is 6.25. The van der Waals surface area contributed by atoms with Gasteiger partial charge in [0.2, 0.25) is 0 Å². The molecule has 0 N–H and O–H groups in total. The van der Waals surface area contributed by atoms with E-state index in [1.807, 2.05) is 12.3 Å². The number of hydrogen-bond donors (Lipinski definition) is 0. The van der Waals surface area contributed by atoms with Crippen molar-refractivity contribution in [3.05, 3.63) is 176 Å². The van der Waals surface area contributed by atoms with Crippen molar-refractivity contribution < 1.29 is 0 Å². The van der Waals surface area contributed by atoms with E-state index in [1.165, 1.54) is 59.7 Å². The zero-order chi connectivity index (χ0) is 33.5. The van der Waals surface area contributed by atoms with Crippen LogP contribution in [0.15, 0.2) is 176 Å². The van der Waals surface area contributed by atoms with Crippen molar-refractivity contribution in [1.82, 2.24) is 14.5 Å². The second kappa shape index (κ2) is 10.8. The lowest BCUT2D eigenvalue weighted by Gasteiger charge is -2.15. The van der Waals surface area contributed by atoms with Gasteiger partial charge in [0.15, 0.2) is 0 Å². The Balaban J connectivity index is 1.21. The summed E-state index contributed by atoms with van der Waals surface area (Å²) in [4.78, 5) is 10.1. The van der Waals surface area contributed by atoms with Crippen molar-refractivity contribution in [3.63, 3.8) is 0 Å². The van der Waals surface area contributed by atoms with Crippen LogP contribution in [0.1, 0.15) is 0 Å². The molecular formula is C48H29N3. The number of aromatic nitrogens is 3. The maximum Gasteiger partial charge on any atom is 0.0972 e. The third-order valence-corrected chi connectivity index (χ3v) is 10.6. The summed E-state index contributed by atoms with van der Waals surface area (Å²) >= 11 is 0. The van der Waals surface area contributed by atoms with E-state index in [2.05, 4.69) is 168 Å². The normalized spacial score (nSPS) is 11.9. The highest BCUT2D eigenvalue weighted by Crippen LogP contribution is 2.40. The van der Waals surface area contributed by atoms with Gasteiger partial charge in [-0.15, -0.1) is 0 Å². The molecular weight excluding hydrogens is 619 g/mol. The topological polar surface area (TPSA) is 30.7 Å². The second-order valence-electron chi connectivity index (χ2n) is 13.4. The molecule has 0 saturated heterocycles. The maximum atomic E-state index is 5.31. The summed E-state index contributed by atoms with van der Waals surface area (Å²) in [7, 11) is 0. The van der Waals surface area contributed by atoms with Gasteiger partial charge in [0.05, 0.1) is 27.8 Å². The number of nitrogens with zero attached hydrogens (tertiary/aromatic N) is 3. The van der Waals surface area contributed by atoms with Crippen LogP contribution >= 0.6 is 0 Å². The number of hydrogen-bond acceptors (Lipinski definition) is 2. The van der Waals surface area contributed by atoms with E-state index < -0.39 is 0 Å². The van der Waals surface area contributed by atoms with Gasteiger partial charge in [-0.05, 0) is 92.0 Å². The summed E-state index contributed by atoms with van der Waals surface area (Å²) in [6, 6.07) is 61.5. The Hall–Kier alpha value is -6.84. The molecule has 0 aliphatic rings. The van der Waals surface area contributed by atoms with Gasteiger partial charge in [0.1, 0.15) is 0 Å². The van der Waals surface area contributed by atoms with E-state index in [0.717, 1.165) is 44.3 Å². The molecule has 3 aromatic heterocycles. The average molecular weight is 648 g/mol. The Bertz CT molecular complexity index is 3120. The van der Waals surface area contributed by atoms with Crippen LogP contribution in [-0.4, -0.2) is 14.5 Å². The van der Waals surface area contributed by atoms with Crippen molar-refractivity contribution in [2.24, 2.45) is 0 Å². The third kappa shape index (κ3) is 4.25. The van der Waals surface area contributed by atoms with Crippen LogP contribution in [0.2, 0.25) is 0 Å². The van der Waals surface area contributed by atoms with E-state index in [1.54, 1.807) is 0 Å². The quantitative estimate of drug-likeness (QED) is 0.179. The highest BCUT2D eigenvalue weighted by atomic mass is 15.0. The molecule has 0 aliphatic heterocycles. The number of benzene rings is 8. The molecule has 3 heteroatoms. The maximum absolute atomic E-state index is 5.31. The van der Waals surface area contributed by atoms with Crippen molar-refractivity contribution in [1.29, 1.82) is 0 Å². The SMILES string of the molecule is c1cnc2c(c1)ccc1ccc(-c3cc(-c4ccc5c6ccccc6c6ccccc6c5c4)cc(-n4c5ccccc5c5ccccc54)c3)nc12. The second-order valence-corrected chi connectivity index (χ2v) is 13.4. The first-order chi connectivity index (χ1) is 25.3. The van der Waals surface area contributed by atoms with E-state index in [-0.39, 0.29) is 0 Å². The summed E-state index contributed by atoms with van der Waals surface area (Å²) in [5.41, 5.74) is 9.58. The van der Waals surface area contributed by atoms with Gasteiger partial charge in [-0.2, -0.15) is 0 Å². The Kier molecular flexibility index (Phi) is 5.96. The van der Waals surface area contributed by atoms with Gasteiger partial charge in [0.25, 0.3) is 0 Å². The highest BCUT2D eigenvalue weighted by Gasteiger charge is 2.16. The van der Waals surface area contributed by atoms with E-state index >= 15 is 0 Å². The first kappa shape index (κ1) is 28.0. The van der Waals surface area contributed by atoms with E-state index in [9.17, 15) is 0 Å². The Labute approximate surface area is 293 Å². The monoisotopic (exact) mass is 647 g/mol. The molecule has 3 nitrogen and oxygen atoms in total. The van der Waals surface area contributed by atoms with Crippen LogP contribution in [-0.2, 0) is 0 Å². The molecule has 0 saturated carbocycles. The Morgan fingerprint density at radius 3 is 1.59 bits per heavy atom. The molecule has 236 valence electrons. The molecule has 11 aromatic rings. The molecule has 0 aliphatic carbocycles. The first-order valence-corrected chi connectivity index (χ1v) is 17.4. The molecule has 3 heterocycles. The lowest BCUT2D eigenvalue weighted by Crippen LogP contribution is -1.97. The molecule has 8 aromatic carbocycles. The minimum absolute atomic E-state index is 0.915. The number of rotatable bonds is 3. The van der Waals surface area contributed by atoms with Crippen molar-refractivity contribution in [2.75, 3.05) is 0 Å². The van der Waals surface area contributed by atoms with Crippen LogP contribution in [0.5, 0.6) is 0 Å². The van der Waals surface area contributed by atoms with Crippen LogP contribution < -0.4 is 0 Å².